The van der Waals surface area contributed by atoms with E-state index in [0.29, 0.717) is 6.54 Å². The van der Waals surface area contributed by atoms with Gasteiger partial charge in [-0.1, -0.05) is 0 Å². The minimum atomic E-state index is -0.448. The second-order valence-electron chi connectivity index (χ2n) is 5.66. The number of hydrogen-bond donors (Lipinski definition) is 2. The van der Waals surface area contributed by atoms with Gasteiger partial charge in [0.15, 0.2) is 0 Å². The number of likely N-dealkylation sites (tertiary alicyclic amines) is 1. The van der Waals surface area contributed by atoms with Crippen LogP contribution in [0.15, 0.2) is 18.2 Å². The number of nitrogens with two attached hydrogens (primary N) is 1. The average molecular weight is 344 g/mol. The lowest BCUT2D eigenvalue weighted by molar-refractivity contribution is -0.133. The second-order valence-corrected chi connectivity index (χ2v) is 5.66. The molecule has 1 aromatic rings. The Morgan fingerprint density at radius 3 is 2.43 bits per heavy atom. The Kier molecular flexibility index (Phi) is 7.45. The molecule has 1 heterocycles. The molecule has 1 unspecified atom stereocenters. The number of amides is 1. The van der Waals surface area contributed by atoms with Gasteiger partial charge in [-0.15, -0.1) is 12.4 Å². The van der Waals surface area contributed by atoms with E-state index in [0.717, 1.165) is 36.6 Å². The fourth-order valence-corrected chi connectivity index (χ4v) is 2.71. The van der Waals surface area contributed by atoms with Crippen LogP contribution in [0.5, 0.6) is 11.5 Å². The highest BCUT2D eigenvalue weighted by Crippen LogP contribution is 2.27. The van der Waals surface area contributed by atoms with Crippen LogP contribution in [0.4, 0.5) is 5.69 Å². The highest BCUT2D eigenvalue weighted by molar-refractivity contribution is 5.85. The molecule has 1 saturated heterocycles. The molecule has 23 heavy (non-hydrogen) atoms. The van der Waals surface area contributed by atoms with Crippen molar-refractivity contribution in [1.29, 1.82) is 0 Å². The van der Waals surface area contributed by atoms with Gasteiger partial charge in [0.25, 0.3) is 0 Å². The zero-order valence-corrected chi connectivity index (χ0v) is 14.7. The van der Waals surface area contributed by atoms with Gasteiger partial charge >= 0.3 is 0 Å². The molecule has 0 aromatic heterocycles. The first-order valence-electron chi connectivity index (χ1n) is 7.57. The molecule has 1 aliphatic heterocycles. The fraction of sp³-hybridized carbons (Fsp3) is 0.562. The second kappa shape index (κ2) is 8.84. The third-order valence-electron chi connectivity index (χ3n) is 3.84. The number of ether oxygens (including phenoxy) is 2. The monoisotopic (exact) mass is 343 g/mol. The van der Waals surface area contributed by atoms with Crippen molar-refractivity contribution in [2.45, 2.75) is 31.8 Å². The summed E-state index contributed by atoms with van der Waals surface area (Å²) in [5, 5.41) is 3.46. The quantitative estimate of drug-likeness (QED) is 0.853. The minimum Gasteiger partial charge on any atom is -0.497 e. The Morgan fingerprint density at radius 2 is 1.91 bits per heavy atom. The van der Waals surface area contributed by atoms with E-state index in [9.17, 15) is 4.79 Å². The standard InChI is InChI=1S/C16H25N3O3.ClH/c1-11(17)16(20)19-6-4-5-12(10-19)18-13-7-14(21-2)9-15(8-13)22-3;/h7-9,11-12,18H,4-6,10,17H2,1-3H3;1H/t11-,12?;/m1./s1. The number of rotatable bonds is 5. The lowest BCUT2D eigenvalue weighted by atomic mass is 10.0. The largest absolute Gasteiger partial charge is 0.497 e. The van der Waals surface area contributed by atoms with Crippen LogP contribution in [0.2, 0.25) is 0 Å². The van der Waals surface area contributed by atoms with Crippen LogP contribution in [-0.2, 0) is 4.79 Å². The van der Waals surface area contributed by atoms with Crippen LogP contribution in [0.25, 0.3) is 0 Å². The van der Waals surface area contributed by atoms with E-state index < -0.39 is 6.04 Å². The van der Waals surface area contributed by atoms with Crippen LogP contribution in [0, 0.1) is 0 Å². The topological polar surface area (TPSA) is 76.8 Å². The number of nitrogens with zero attached hydrogens (tertiary/aromatic N) is 1. The number of hydrogen-bond acceptors (Lipinski definition) is 5. The summed E-state index contributed by atoms with van der Waals surface area (Å²) >= 11 is 0. The minimum absolute atomic E-state index is 0. The molecule has 0 radical (unpaired) electrons. The maximum atomic E-state index is 12.0. The van der Waals surface area contributed by atoms with Crippen LogP contribution >= 0.6 is 12.4 Å². The average Bonchev–Trinajstić information content (AvgIpc) is 2.53. The first-order valence-corrected chi connectivity index (χ1v) is 7.57. The van der Waals surface area contributed by atoms with Gasteiger partial charge in [0.1, 0.15) is 11.5 Å². The van der Waals surface area contributed by atoms with Crippen molar-refractivity contribution in [3.63, 3.8) is 0 Å². The molecule has 7 heteroatoms. The summed E-state index contributed by atoms with van der Waals surface area (Å²) in [7, 11) is 3.25. The van der Waals surface area contributed by atoms with Gasteiger partial charge in [-0.3, -0.25) is 4.79 Å². The predicted molar refractivity (Wildman–Crippen MR) is 93.7 cm³/mol. The van der Waals surface area contributed by atoms with E-state index in [2.05, 4.69) is 5.32 Å². The molecule has 2 atom stereocenters. The van der Waals surface area contributed by atoms with Gasteiger partial charge in [0.05, 0.1) is 20.3 Å². The van der Waals surface area contributed by atoms with Gasteiger partial charge in [0, 0.05) is 43.0 Å². The van der Waals surface area contributed by atoms with Gasteiger partial charge in [-0.25, -0.2) is 0 Å². The van der Waals surface area contributed by atoms with E-state index in [1.165, 1.54) is 0 Å². The van der Waals surface area contributed by atoms with E-state index in [4.69, 9.17) is 15.2 Å². The number of carbonyl (C=O) groups is 1. The van der Waals surface area contributed by atoms with Gasteiger partial charge in [0.2, 0.25) is 5.91 Å². The van der Waals surface area contributed by atoms with Crippen molar-refractivity contribution in [2.75, 3.05) is 32.6 Å². The number of benzene rings is 1. The number of anilines is 1. The number of carbonyl (C=O) groups excluding carboxylic acids is 1. The summed E-state index contributed by atoms with van der Waals surface area (Å²) in [6, 6.07) is 5.44. The molecule has 6 nitrogen and oxygen atoms in total. The highest BCUT2D eigenvalue weighted by atomic mass is 35.5. The summed E-state index contributed by atoms with van der Waals surface area (Å²) in [5.74, 6) is 1.48. The lowest BCUT2D eigenvalue weighted by Gasteiger charge is -2.34. The zero-order valence-electron chi connectivity index (χ0n) is 13.9. The molecule has 0 spiro atoms. The Bertz CT molecular complexity index is 503. The van der Waals surface area contributed by atoms with Crippen molar-refractivity contribution in [2.24, 2.45) is 5.73 Å². The SMILES string of the molecule is COc1cc(NC2CCCN(C(=O)[C@@H](C)N)C2)cc(OC)c1.Cl. The first-order chi connectivity index (χ1) is 10.5. The molecular formula is C16H26ClN3O3. The number of methoxy groups -OCH3 is 2. The normalized spacial score (nSPS) is 18.6. The zero-order chi connectivity index (χ0) is 16.1. The molecule has 1 aromatic carbocycles. The maximum Gasteiger partial charge on any atom is 0.239 e. The maximum absolute atomic E-state index is 12.0. The number of halogens is 1. The third-order valence-corrected chi connectivity index (χ3v) is 3.84. The smallest absolute Gasteiger partial charge is 0.239 e. The van der Waals surface area contributed by atoms with Crippen molar-refractivity contribution >= 4 is 24.0 Å². The summed E-state index contributed by atoms with van der Waals surface area (Å²) < 4.78 is 10.6. The Balaban J connectivity index is 0.00000264. The van der Waals surface area contributed by atoms with E-state index in [1.54, 1.807) is 21.1 Å². The van der Waals surface area contributed by atoms with E-state index >= 15 is 0 Å². The summed E-state index contributed by atoms with van der Waals surface area (Å²) in [6.07, 6.45) is 1.99. The number of nitrogens with one attached hydrogen (secondary N) is 1. The van der Waals surface area contributed by atoms with Crippen LogP contribution < -0.4 is 20.5 Å². The molecule has 1 aliphatic rings. The number of piperidine rings is 1. The molecule has 1 amide bonds. The molecule has 0 saturated carbocycles. The molecule has 0 bridgehead atoms. The highest BCUT2D eigenvalue weighted by Gasteiger charge is 2.25. The van der Waals surface area contributed by atoms with Crippen molar-refractivity contribution in [3.8, 4) is 11.5 Å². The summed E-state index contributed by atoms with van der Waals surface area (Å²) in [6.45, 7) is 3.17. The predicted octanol–water partition coefficient (Wildman–Crippen LogP) is 1.88. The molecule has 3 N–H and O–H groups in total. The van der Waals surface area contributed by atoms with Gasteiger partial charge in [-0.05, 0) is 19.8 Å². The molecule has 1 fully saturated rings. The van der Waals surface area contributed by atoms with E-state index in [1.807, 2.05) is 23.1 Å². The first kappa shape index (κ1) is 19.4. The molecule has 130 valence electrons. The van der Waals surface area contributed by atoms with E-state index in [-0.39, 0.29) is 24.4 Å². The Morgan fingerprint density at radius 1 is 1.30 bits per heavy atom. The molecule has 0 aliphatic carbocycles. The van der Waals surface area contributed by atoms with Gasteiger partial charge in [-0.2, -0.15) is 0 Å². The van der Waals surface area contributed by atoms with Crippen molar-refractivity contribution in [1.82, 2.24) is 4.90 Å². The van der Waals surface area contributed by atoms with Gasteiger partial charge < -0.3 is 25.4 Å². The van der Waals surface area contributed by atoms with Crippen molar-refractivity contribution in [3.05, 3.63) is 18.2 Å². The fourth-order valence-electron chi connectivity index (χ4n) is 2.71. The lowest BCUT2D eigenvalue weighted by Crippen LogP contribution is -2.50. The van der Waals surface area contributed by atoms with Crippen LogP contribution in [-0.4, -0.2) is 50.2 Å². The molecular weight excluding hydrogens is 318 g/mol. The summed E-state index contributed by atoms with van der Waals surface area (Å²) in [4.78, 5) is 13.9. The van der Waals surface area contributed by atoms with Crippen molar-refractivity contribution < 1.29 is 14.3 Å². The molecule has 2 rings (SSSR count). The Labute approximate surface area is 143 Å². The van der Waals surface area contributed by atoms with Crippen LogP contribution in [0.3, 0.4) is 0 Å². The summed E-state index contributed by atoms with van der Waals surface area (Å²) in [5.41, 5.74) is 6.62. The third kappa shape index (κ3) is 5.18. The van der Waals surface area contributed by atoms with Crippen LogP contribution in [0.1, 0.15) is 19.8 Å². The Hall–Kier alpha value is -1.66.